The number of carbonyl (C=O) groups excluding carboxylic acids is 3. The lowest BCUT2D eigenvalue weighted by atomic mass is 9.75. The first-order valence-corrected chi connectivity index (χ1v) is 9.11. The number of rotatable bonds is 5. The van der Waals surface area contributed by atoms with Crippen molar-refractivity contribution < 1.29 is 24.2 Å². The van der Waals surface area contributed by atoms with Crippen molar-refractivity contribution in [2.45, 2.75) is 51.3 Å². The SMILES string of the molecule is C=CCNC(=O)N1CCC2(CC1)[C@@H](C(=O)OCC)[C@@H](O)C(=O)N2C(C)C. The summed E-state index contributed by atoms with van der Waals surface area (Å²) in [6.07, 6.45) is 1.03. The number of piperidine rings is 1. The minimum atomic E-state index is -1.41. The van der Waals surface area contributed by atoms with Crippen molar-refractivity contribution in [3.8, 4) is 0 Å². The van der Waals surface area contributed by atoms with E-state index >= 15 is 0 Å². The first-order valence-electron chi connectivity index (χ1n) is 9.11. The third-order valence-electron chi connectivity index (χ3n) is 5.24. The van der Waals surface area contributed by atoms with Gasteiger partial charge in [-0.05, 0) is 33.6 Å². The highest BCUT2D eigenvalue weighted by Gasteiger charge is 2.63. The fourth-order valence-corrected chi connectivity index (χ4v) is 4.22. The Hall–Kier alpha value is -2.09. The lowest BCUT2D eigenvalue weighted by molar-refractivity contribution is -0.156. The topological polar surface area (TPSA) is 99.2 Å². The summed E-state index contributed by atoms with van der Waals surface area (Å²) in [6, 6.07) is -0.369. The molecule has 0 saturated carbocycles. The summed E-state index contributed by atoms with van der Waals surface area (Å²) in [4.78, 5) is 40.6. The number of esters is 1. The predicted octanol–water partition coefficient (Wildman–Crippen LogP) is 0.507. The number of urea groups is 1. The van der Waals surface area contributed by atoms with E-state index in [1.54, 1.807) is 22.8 Å². The van der Waals surface area contributed by atoms with E-state index in [4.69, 9.17) is 4.74 Å². The third kappa shape index (κ3) is 3.42. The second kappa shape index (κ2) is 8.07. The molecule has 2 rings (SSSR count). The van der Waals surface area contributed by atoms with Gasteiger partial charge in [-0.2, -0.15) is 0 Å². The van der Waals surface area contributed by atoms with E-state index in [2.05, 4.69) is 11.9 Å². The molecular formula is C18H29N3O5. The largest absolute Gasteiger partial charge is 0.466 e. The molecule has 0 aromatic rings. The summed E-state index contributed by atoms with van der Waals surface area (Å²) >= 11 is 0. The molecule has 0 aromatic carbocycles. The van der Waals surface area contributed by atoms with E-state index in [-0.39, 0.29) is 18.7 Å². The number of nitrogens with zero attached hydrogens (tertiary/aromatic N) is 2. The molecule has 2 aliphatic heterocycles. The minimum Gasteiger partial charge on any atom is -0.466 e. The fourth-order valence-electron chi connectivity index (χ4n) is 4.22. The van der Waals surface area contributed by atoms with Crippen molar-refractivity contribution in [3.63, 3.8) is 0 Å². The number of hydrogen-bond acceptors (Lipinski definition) is 5. The lowest BCUT2D eigenvalue weighted by Gasteiger charge is -2.48. The van der Waals surface area contributed by atoms with Crippen LogP contribution in [-0.2, 0) is 14.3 Å². The van der Waals surface area contributed by atoms with Gasteiger partial charge in [0.25, 0.3) is 5.91 Å². The summed E-state index contributed by atoms with van der Waals surface area (Å²) in [5.74, 6) is -1.93. The van der Waals surface area contributed by atoms with Crippen LogP contribution in [0.2, 0.25) is 0 Å². The van der Waals surface area contributed by atoms with Gasteiger partial charge >= 0.3 is 12.0 Å². The average Bonchev–Trinajstić information content (AvgIpc) is 2.80. The Kier molecular flexibility index (Phi) is 6.28. The molecule has 0 radical (unpaired) electrons. The zero-order valence-corrected chi connectivity index (χ0v) is 15.7. The predicted molar refractivity (Wildman–Crippen MR) is 95.2 cm³/mol. The average molecular weight is 367 g/mol. The van der Waals surface area contributed by atoms with Crippen molar-refractivity contribution >= 4 is 17.9 Å². The molecule has 2 fully saturated rings. The molecule has 26 heavy (non-hydrogen) atoms. The van der Waals surface area contributed by atoms with Crippen LogP contribution in [0, 0.1) is 5.92 Å². The number of nitrogens with one attached hydrogen (secondary N) is 1. The number of likely N-dealkylation sites (tertiary alicyclic amines) is 2. The quantitative estimate of drug-likeness (QED) is 0.545. The number of ether oxygens (including phenoxy) is 1. The molecule has 0 aromatic heterocycles. The molecule has 146 valence electrons. The van der Waals surface area contributed by atoms with Crippen molar-refractivity contribution in [1.29, 1.82) is 0 Å². The molecule has 2 saturated heterocycles. The van der Waals surface area contributed by atoms with Crippen LogP contribution >= 0.6 is 0 Å². The molecular weight excluding hydrogens is 338 g/mol. The van der Waals surface area contributed by atoms with Gasteiger partial charge in [-0.1, -0.05) is 6.08 Å². The highest BCUT2D eigenvalue weighted by molar-refractivity contribution is 5.93. The monoisotopic (exact) mass is 367 g/mol. The van der Waals surface area contributed by atoms with Gasteiger partial charge < -0.3 is 25.0 Å². The normalized spacial score (nSPS) is 24.9. The van der Waals surface area contributed by atoms with Crippen LogP contribution in [0.3, 0.4) is 0 Å². The van der Waals surface area contributed by atoms with Gasteiger partial charge in [0.15, 0.2) is 0 Å². The Morgan fingerprint density at radius 3 is 2.54 bits per heavy atom. The number of aliphatic hydroxyl groups is 1. The van der Waals surface area contributed by atoms with Crippen LogP contribution in [-0.4, -0.2) is 76.7 Å². The molecule has 2 N–H and O–H groups in total. The van der Waals surface area contributed by atoms with Gasteiger partial charge in [-0.25, -0.2) is 4.79 Å². The molecule has 2 aliphatic rings. The van der Waals surface area contributed by atoms with E-state index in [1.807, 2.05) is 13.8 Å². The molecule has 0 unspecified atom stereocenters. The maximum Gasteiger partial charge on any atom is 0.317 e. The van der Waals surface area contributed by atoms with Gasteiger partial charge in [0.2, 0.25) is 0 Å². The summed E-state index contributed by atoms with van der Waals surface area (Å²) in [5.41, 5.74) is -0.827. The number of aliphatic hydroxyl groups excluding tert-OH is 1. The highest BCUT2D eigenvalue weighted by Crippen LogP contribution is 2.45. The molecule has 1 spiro atoms. The molecule has 3 amide bonds. The van der Waals surface area contributed by atoms with Gasteiger partial charge in [-0.3, -0.25) is 9.59 Å². The van der Waals surface area contributed by atoms with Crippen molar-refractivity contribution in [2.75, 3.05) is 26.2 Å². The van der Waals surface area contributed by atoms with Crippen molar-refractivity contribution in [1.82, 2.24) is 15.1 Å². The van der Waals surface area contributed by atoms with Gasteiger partial charge in [0.1, 0.15) is 12.0 Å². The van der Waals surface area contributed by atoms with Crippen LogP contribution < -0.4 is 5.32 Å². The molecule has 8 nitrogen and oxygen atoms in total. The second-order valence-electron chi connectivity index (χ2n) is 7.04. The summed E-state index contributed by atoms with van der Waals surface area (Å²) < 4.78 is 5.15. The summed E-state index contributed by atoms with van der Waals surface area (Å²) in [7, 11) is 0. The zero-order valence-electron chi connectivity index (χ0n) is 15.7. The van der Waals surface area contributed by atoms with Crippen LogP contribution in [0.25, 0.3) is 0 Å². The Morgan fingerprint density at radius 1 is 1.42 bits per heavy atom. The maximum absolute atomic E-state index is 12.7. The Labute approximate surface area is 154 Å². The van der Waals surface area contributed by atoms with E-state index in [0.717, 1.165) is 0 Å². The second-order valence-corrected chi connectivity index (χ2v) is 7.04. The zero-order chi connectivity index (χ0) is 19.5. The van der Waals surface area contributed by atoms with Crippen molar-refractivity contribution in [2.24, 2.45) is 5.92 Å². The molecule has 8 heteroatoms. The smallest absolute Gasteiger partial charge is 0.317 e. The van der Waals surface area contributed by atoms with Crippen LogP contribution in [0.1, 0.15) is 33.6 Å². The van der Waals surface area contributed by atoms with Crippen molar-refractivity contribution in [3.05, 3.63) is 12.7 Å². The lowest BCUT2D eigenvalue weighted by Crippen LogP contribution is -2.60. The van der Waals surface area contributed by atoms with Gasteiger partial charge in [0.05, 0.1) is 12.1 Å². The first-order chi connectivity index (χ1) is 12.3. The highest BCUT2D eigenvalue weighted by atomic mass is 16.5. The molecule has 0 aliphatic carbocycles. The molecule has 2 atom stereocenters. The Bertz CT molecular complexity index is 569. The first kappa shape index (κ1) is 20.2. The third-order valence-corrected chi connectivity index (χ3v) is 5.24. The van der Waals surface area contributed by atoms with Gasteiger partial charge in [-0.15, -0.1) is 6.58 Å². The van der Waals surface area contributed by atoms with Gasteiger partial charge in [0, 0.05) is 25.7 Å². The van der Waals surface area contributed by atoms with E-state index in [1.165, 1.54) is 0 Å². The van der Waals surface area contributed by atoms with E-state index in [0.29, 0.717) is 32.5 Å². The summed E-state index contributed by atoms with van der Waals surface area (Å²) in [6.45, 7) is 10.3. The minimum absolute atomic E-state index is 0.169. The van der Waals surface area contributed by atoms with Crippen LogP contribution in [0.4, 0.5) is 4.79 Å². The van der Waals surface area contributed by atoms with Crippen LogP contribution in [0.15, 0.2) is 12.7 Å². The number of amides is 3. The van der Waals surface area contributed by atoms with E-state index in [9.17, 15) is 19.5 Å². The Morgan fingerprint density at radius 2 is 2.04 bits per heavy atom. The fraction of sp³-hybridized carbons (Fsp3) is 0.722. The molecule has 0 bridgehead atoms. The number of hydrogen-bond donors (Lipinski definition) is 2. The number of carbonyl (C=O) groups is 3. The maximum atomic E-state index is 12.7. The standard InChI is InChI=1S/C18H29N3O5/c1-5-9-19-17(25)20-10-7-18(8-11-20)13(16(24)26-6-2)14(22)15(23)21(18)12(3)4/h5,12-14,22H,1,6-11H2,2-4H3,(H,19,25)/t13-,14-/m1/s1. The van der Waals surface area contributed by atoms with Crippen LogP contribution in [0.5, 0.6) is 0 Å². The molecule has 2 heterocycles. The Balaban J connectivity index is 2.26. The summed E-state index contributed by atoms with van der Waals surface area (Å²) in [5, 5.41) is 13.2. The van der Waals surface area contributed by atoms with E-state index < -0.39 is 29.4 Å².